The lowest BCUT2D eigenvalue weighted by Crippen LogP contribution is -2.59. The van der Waals surface area contributed by atoms with Gasteiger partial charge in [0, 0.05) is 24.7 Å². The average molecular weight is 168 g/mol. The molecule has 0 radical (unpaired) electrons. The molecule has 3 atom stereocenters. The van der Waals surface area contributed by atoms with E-state index in [0.717, 1.165) is 12.1 Å². The molecule has 0 amide bonds. The molecule has 2 heteroatoms. The second-order valence-electron chi connectivity index (χ2n) is 4.33. The number of piperidine rings is 1. The van der Waals surface area contributed by atoms with E-state index in [4.69, 9.17) is 0 Å². The van der Waals surface area contributed by atoms with E-state index in [1.54, 1.807) is 0 Å². The monoisotopic (exact) mass is 168 g/mol. The van der Waals surface area contributed by atoms with E-state index in [0.29, 0.717) is 6.04 Å². The molecule has 2 heterocycles. The van der Waals surface area contributed by atoms with Gasteiger partial charge in [-0.1, -0.05) is 0 Å². The quantitative estimate of drug-likeness (QED) is 0.633. The first-order valence-electron chi connectivity index (χ1n) is 5.28. The smallest absolute Gasteiger partial charge is 0.0249 e. The van der Waals surface area contributed by atoms with Crippen LogP contribution in [0.3, 0.4) is 0 Å². The van der Waals surface area contributed by atoms with E-state index in [-0.39, 0.29) is 0 Å². The van der Waals surface area contributed by atoms with Crippen LogP contribution in [0.2, 0.25) is 0 Å². The topological polar surface area (TPSA) is 15.3 Å². The molecule has 0 saturated carbocycles. The van der Waals surface area contributed by atoms with Crippen LogP contribution in [0.5, 0.6) is 0 Å². The zero-order valence-electron chi connectivity index (χ0n) is 8.21. The van der Waals surface area contributed by atoms with E-state index in [2.05, 4.69) is 24.1 Å². The van der Waals surface area contributed by atoms with Crippen LogP contribution in [0, 0.1) is 0 Å². The fourth-order valence-corrected chi connectivity index (χ4v) is 2.51. The van der Waals surface area contributed by atoms with Gasteiger partial charge in [0.05, 0.1) is 0 Å². The Hall–Kier alpha value is -0.0800. The van der Waals surface area contributed by atoms with Crippen LogP contribution in [-0.4, -0.2) is 36.1 Å². The van der Waals surface area contributed by atoms with Crippen molar-refractivity contribution in [1.29, 1.82) is 0 Å². The average Bonchev–Trinajstić information content (AvgIpc) is 2.06. The van der Waals surface area contributed by atoms with Gasteiger partial charge in [-0.25, -0.2) is 0 Å². The Bertz CT molecular complexity index is 158. The van der Waals surface area contributed by atoms with Crippen molar-refractivity contribution in [3.05, 3.63) is 0 Å². The summed E-state index contributed by atoms with van der Waals surface area (Å²) in [6, 6.07) is 2.38. The molecular formula is C10H20N2. The van der Waals surface area contributed by atoms with Crippen LogP contribution in [0.1, 0.15) is 33.1 Å². The molecule has 0 aromatic carbocycles. The fourth-order valence-electron chi connectivity index (χ4n) is 2.51. The van der Waals surface area contributed by atoms with Gasteiger partial charge in [0.2, 0.25) is 0 Å². The molecule has 1 N–H and O–H groups in total. The predicted octanol–water partition coefficient (Wildman–Crippen LogP) is 1.22. The molecule has 0 aliphatic carbocycles. The summed E-state index contributed by atoms with van der Waals surface area (Å²) >= 11 is 0. The summed E-state index contributed by atoms with van der Waals surface area (Å²) in [6.45, 7) is 7.23. The second-order valence-corrected chi connectivity index (χ2v) is 4.33. The lowest BCUT2D eigenvalue weighted by molar-refractivity contribution is 0.0225. The molecule has 2 fully saturated rings. The molecule has 12 heavy (non-hydrogen) atoms. The Morgan fingerprint density at radius 3 is 2.58 bits per heavy atom. The molecule has 0 aromatic rings. The number of likely N-dealkylation sites (tertiary alicyclic amines) is 1. The van der Waals surface area contributed by atoms with Crippen LogP contribution in [0.4, 0.5) is 0 Å². The Balaban J connectivity index is 1.92. The maximum absolute atomic E-state index is 3.56. The molecule has 2 saturated heterocycles. The summed E-state index contributed by atoms with van der Waals surface area (Å²) in [5.41, 5.74) is 0. The summed E-state index contributed by atoms with van der Waals surface area (Å²) in [7, 11) is 0. The van der Waals surface area contributed by atoms with Crippen molar-refractivity contribution in [3.8, 4) is 0 Å². The normalized spacial score (nSPS) is 44.0. The third-order valence-corrected chi connectivity index (χ3v) is 3.52. The third kappa shape index (κ3) is 1.38. The summed E-state index contributed by atoms with van der Waals surface area (Å²) in [4.78, 5) is 2.66. The van der Waals surface area contributed by atoms with E-state index in [9.17, 15) is 0 Å². The van der Waals surface area contributed by atoms with Crippen molar-refractivity contribution in [2.24, 2.45) is 0 Å². The largest absolute Gasteiger partial charge is 0.313 e. The fraction of sp³-hybridized carbons (Fsp3) is 1.00. The molecule has 0 bridgehead atoms. The SMILES string of the molecule is CC1NCCCC1N1CCC1C. The Morgan fingerprint density at radius 1 is 1.25 bits per heavy atom. The van der Waals surface area contributed by atoms with Crippen LogP contribution in [-0.2, 0) is 0 Å². The van der Waals surface area contributed by atoms with Gasteiger partial charge in [-0.15, -0.1) is 0 Å². The van der Waals surface area contributed by atoms with Crippen LogP contribution < -0.4 is 5.32 Å². The van der Waals surface area contributed by atoms with Gasteiger partial charge in [0.1, 0.15) is 0 Å². The number of hydrogen-bond acceptors (Lipinski definition) is 2. The predicted molar refractivity (Wildman–Crippen MR) is 51.3 cm³/mol. The highest BCUT2D eigenvalue weighted by Gasteiger charge is 2.34. The molecule has 70 valence electrons. The summed E-state index contributed by atoms with van der Waals surface area (Å²) in [5.74, 6) is 0. The first-order chi connectivity index (χ1) is 5.79. The van der Waals surface area contributed by atoms with Crippen LogP contribution >= 0.6 is 0 Å². The highest BCUT2D eigenvalue weighted by Crippen LogP contribution is 2.25. The molecule has 0 aromatic heterocycles. The van der Waals surface area contributed by atoms with Crippen molar-refractivity contribution in [1.82, 2.24) is 10.2 Å². The van der Waals surface area contributed by atoms with Crippen molar-refractivity contribution < 1.29 is 0 Å². The summed E-state index contributed by atoms with van der Waals surface area (Å²) in [6.07, 6.45) is 4.17. The van der Waals surface area contributed by atoms with Crippen LogP contribution in [0.25, 0.3) is 0 Å². The highest BCUT2D eigenvalue weighted by atomic mass is 15.3. The number of nitrogens with zero attached hydrogens (tertiary/aromatic N) is 1. The van der Waals surface area contributed by atoms with E-state index in [1.165, 1.54) is 32.4 Å². The molecule has 2 rings (SSSR count). The third-order valence-electron chi connectivity index (χ3n) is 3.52. The maximum Gasteiger partial charge on any atom is 0.0249 e. The summed E-state index contributed by atoms with van der Waals surface area (Å²) < 4.78 is 0. The van der Waals surface area contributed by atoms with Crippen molar-refractivity contribution >= 4 is 0 Å². The molecule has 0 spiro atoms. The molecular weight excluding hydrogens is 148 g/mol. The number of nitrogens with one attached hydrogen (secondary N) is 1. The van der Waals surface area contributed by atoms with Gasteiger partial charge in [0.15, 0.2) is 0 Å². The zero-order valence-corrected chi connectivity index (χ0v) is 8.21. The standard InChI is InChI=1S/C10H20N2/c1-8-5-7-12(8)10-4-3-6-11-9(10)2/h8-11H,3-7H2,1-2H3. The lowest BCUT2D eigenvalue weighted by Gasteiger charge is -2.48. The number of rotatable bonds is 1. The highest BCUT2D eigenvalue weighted by molar-refractivity contribution is 4.92. The Labute approximate surface area is 75.3 Å². The van der Waals surface area contributed by atoms with E-state index in [1.807, 2.05) is 0 Å². The van der Waals surface area contributed by atoms with Crippen LogP contribution in [0.15, 0.2) is 0 Å². The summed E-state index contributed by atoms with van der Waals surface area (Å²) in [5, 5.41) is 3.56. The molecule has 3 unspecified atom stereocenters. The first-order valence-corrected chi connectivity index (χ1v) is 5.28. The minimum absolute atomic E-state index is 0.710. The zero-order chi connectivity index (χ0) is 8.55. The van der Waals surface area contributed by atoms with E-state index < -0.39 is 0 Å². The van der Waals surface area contributed by atoms with Gasteiger partial charge in [-0.3, -0.25) is 4.90 Å². The lowest BCUT2D eigenvalue weighted by atomic mass is 9.92. The minimum atomic E-state index is 0.710. The Kier molecular flexibility index (Phi) is 2.37. The maximum atomic E-state index is 3.56. The van der Waals surface area contributed by atoms with Crippen molar-refractivity contribution in [2.45, 2.75) is 51.2 Å². The van der Waals surface area contributed by atoms with Gasteiger partial charge in [0.25, 0.3) is 0 Å². The van der Waals surface area contributed by atoms with Gasteiger partial charge in [-0.2, -0.15) is 0 Å². The molecule has 2 aliphatic heterocycles. The number of hydrogen-bond donors (Lipinski definition) is 1. The van der Waals surface area contributed by atoms with Crippen molar-refractivity contribution in [3.63, 3.8) is 0 Å². The first kappa shape index (κ1) is 8.52. The van der Waals surface area contributed by atoms with Crippen molar-refractivity contribution in [2.75, 3.05) is 13.1 Å². The second kappa shape index (κ2) is 3.35. The molecule has 2 nitrogen and oxygen atoms in total. The van der Waals surface area contributed by atoms with Gasteiger partial charge in [-0.05, 0) is 39.7 Å². The van der Waals surface area contributed by atoms with E-state index >= 15 is 0 Å². The van der Waals surface area contributed by atoms with Gasteiger partial charge >= 0.3 is 0 Å². The Morgan fingerprint density at radius 2 is 2.08 bits per heavy atom. The van der Waals surface area contributed by atoms with Gasteiger partial charge < -0.3 is 5.32 Å². The minimum Gasteiger partial charge on any atom is -0.313 e. The molecule has 2 aliphatic rings.